The van der Waals surface area contributed by atoms with E-state index in [1.807, 2.05) is 0 Å². The van der Waals surface area contributed by atoms with E-state index in [0.29, 0.717) is 37.3 Å². The van der Waals surface area contributed by atoms with Crippen LogP contribution < -0.4 is 0 Å². The highest BCUT2D eigenvalue weighted by Gasteiger charge is 2.33. The van der Waals surface area contributed by atoms with Crippen molar-refractivity contribution in [2.45, 2.75) is 17.1 Å². The molecule has 0 aliphatic carbocycles. The fourth-order valence-corrected chi connectivity index (χ4v) is 5.34. The van der Waals surface area contributed by atoms with Crippen LogP contribution >= 0.6 is 22.9 Å². The number of piperidine rings is 1. The molecule has 1 fully saturated rings. The number of hydrogen-bond acceptors (Lipinski definition) is 6. The predicted octanol–water partition coefficient (Wildman–Crippen LogP) is 1.70. The Labute approximate surface area is 125 Å². The number of aliphatic hydroxyl groups is 1. The maximum absolute atomic E-state index is 12.4. The van der Waals surface area contributed by atoms with E-state index in [1.165, 1.54) is 4.31 Å². The van der Waals surface area contributed by atoms with Gasteiger partial charge in [-0.2, -0.15) is 4.31 Å². The summed E-state index contributed by atoms with van der Waals surface area (Å²) in [4.78, 5) is 10.0. The molecule has 1 N–H and O–H groups in total. The summed E-state index contributed by atoms with van der Waals surface area (Å²) in [7, 11) is -3.75. The summed E-state index contributed by atoms with van der Waals surface area (Å²) in [6.45, 7) is 0.651. The predicted molar refractivity (Wildman–Crippen MR) is 74.6 cm³/mol. The van der Waals surface area contributed by atoms with Crippen LogP contribution in [0.5, 0.6) is 0 Å². The van der Waals surface area contributed by atoms with Crippen LogP contribution in [0.2, 0.25) is 4.34 Å². The molecular weight excluding hydrogens is 328 g/mol. The number of halogens is 1. The molecule has 1 aromatic heterocycles. The van der Waals surface area contributed by atoms with E-state index in [4.69, 9.17) is 16.7 Å². The number of thiophene rings is 1. The number of aliphatic hydroxyl groups excluding tert-OH is 1. The maximum Gasteiger partial charge on any atom is 0.300 e. The van der Waals surface area contributed by atoms with Crippen LogP contribution in [-0.4, -0.2) is 42.4 Å². The minimum atomic E-state index is -3.75. The third-order valence-electron chi connectivity index (χ3n) is 3.27. The SMILES string of the molecule is O=[N+]([O-])c1cc(S(=O)(=O)N2CCC(CO)CC2)sc1Cl. The number of rotatable bonds is 4. The van der Waals surface area contributed by atoms with Crippen molar-refractivity contribution >= 4 is 38.6 Å². The van der Waals surface area contributed by atoms with E-state index in [0.717, 1.165) is 6.07 Å². The zero-order valence-corrected chi connectivity index (χ0v) is 12.7. The zero-order valence-electron chi connectivity index (χ0n) is 10.4. The lowest BCUT2D eigenvalue weighted by molar-refractivity contribution is -0.384. The van der Waals surface area contributed by atoms with Crippen LogP contribution in [0.3, 0.4) is 0 Å². The molecule has 10 heteroatoms. The Morgan fingerprint density at radius 1 is 1.50 bits per heavy atom. The molecule has 2 rings (SSSR count). The van der Waals surface area contributed by atoms with E-state index >= 15 is 0 Å². The Kier molecular flexibility index (Phi) is 4.65. The highest BCUT2D eigenvalue weighted by atomic mass is 35.5. The molecule has 20 heavy (non-hydrogen) atoms. The van der Waals surface area contributed by atoms with Crippen LogP contribution in [0.1, 0.15) is 12.8 Å². The minimum Gasteiger partial charge on any atom is -0.396 e. The number of nitro groups is 1. The van der Waals surface area contributed by atoms with Gasteiger partial charge in [-0.3, -0.25) is 10.1 Å². The third kappa shape index (κ3) is 2.96. The molecule has 1 aliphatic rings. The highest BCUT2D eigenvalue weighted by molar-refractivity contribution is 7.91. The summed E-state index contributed by atoms with van der Waals surface area (Å²) in [6.07, 6.45) is 1.16. The maximum atomic E-state index is 12.4. The van der Waals surface area contributed by atoms with Gasteiger partial charge in [-0.25, -0.2) is 8.42 Å². The van der Waals surface area contributed by atoms with Crippen molar-refractivity contribution in [1.82, 2.24) is 4.31 Å². The smallest absolute Gasteiger partial charge is 0.300 e. The van der Waals surface area contributed by atoms with Crippen molar-refractivity contribution in [2.75, 3.05) is 19.7 Å². The molecule has 7 nitrogen and oxygen atoms in total. The average molecular weight is 341 g/mol. The fraction of sp³-hybridized carbons (Fsp3) is 0.600. The summed E-state index contributed by atoms with van der Waals surface area (Å²) in [5, 5.41) is 19.8. The topological polar surface area (TPSA) is 101 Å². The highest BCUT2D eigenvalue weighted by Crippen LogP contribution is 2.38. The van der Waals surface area contributed by atoms with Crippen molar-refractivity contribution in [3.8, 4) is 0 Å². The molecular formula is C10H13ClN2O5S2. The lowest BCUT2D eigenvalue weighted by Crippen LogP contribution is -2.38. The Morgan fingerprint density at radius 3 is 2.55 bits per heavy atom. The molecule has 1 aliphatic heterocycles. The van der Waals surface area contributed by atoms with Gasteiger partial charge in [-0.05, 0) is 18.8 Å². The van der Waals surface area contributed by atoms with Crippen LogP contribution in [0, 0.1) is 16.0 Å². The zero-order chi connectivity index (χ0) is 14.9. The second-order valence-electron chi connectivity index (χ2n) is 4.51. The first-order valence-electron chi connectivity index (χ1n) is 5.91. The Morgan fingerprint density at radius 2 is 2.10 bits per heavy atom. The number of sulfonamides is 1. The lowest BCUT2D eigenvalue weighted by Gasteiger charge is -2.29. The molecule has 1 aromatic rings. The summed E-state index contributed by atoms with van der Waals surface area (Å²) >= 11 is 6.39. The second-order valence-corrected chi connectivity index (χ2v) is 8.33. The molecule has 0 aromatic carbocycles. The number of hydrogen-bond donors (Lipinski definition) is 1. The fourth-order valence-electron chi connectivity index (χ4n) is 2.05. The molecule has 0 unspecified atom stereocenters. The van der Waals surface area contributed by atoms with Crippen molar-refractivity contribution in [3.05, 3.63) is 20.5 Å². The molecule has 0 saturated carbocycles. The Hall–Kier alpha value is -0.740. The molecule has 2 heterocycles. The first-order valence-corrected chi connectivity index (χ1v) is 8.54. The van der Waals surface area contributed by atoms with Crippen LogP contribution in [0.4, 0.5) is 5.69 Å². The average Bonchev–Trinajstić information content (AvgIpc) is 2.82. The van der Waals surface area contributed by atoms with E-state index in [1.54, 1.807) is 0 Å². The Balaban J connectivity index is 2.23. The van der Waals surface area contributed by atoms with Gasteiger partial charge in [0.25, 0.3) is 15.7 Å². The summed E-state index contributed by atoms with van der Waals surface area (Å²) in [5.74, 6) is 0.114. The van der Waals surface area contributed by atoms with Gasteiger partial charge in [-0.1, -0.05) is 11.6 Å². The van der Waals surface area contributed by atoms with E-state index < -0.39 is 14.9 Å². The molecule has 0 amide bonds. The van der Waals surface area contributed by atoms with Gasteiger partial charge in [0.2, 0.25) is 0 Å². The van der Waals surface area contributed by atoms with Gasteiger partial charge >= 0.3 is 0 Å². The van der Waals surface area contributed by atoms with Crippen LogP contribution in [-0.2, 0) is 10.0 Å². The Bertz CT molecular complexity index is 607. The van der Waals surface area contributed by atoms with Gasteiger partial charge in [0.1, 0.15) is 4.21 Å². The summed E-state index contributed by atoms with van der Waals surface area (Å²) in [6, 6.07) is 1.00. The third-order valence-corrected chi connectivity index (χ3v) is 6.95. The molecule has 0 bridgehead atoms. The summed E-state index contributed by atoms with van der Waals surface area (Å²) in [5.41, 5.74) is -0.388. The lowest BCUT2D eigenvalue weighted by atomic mass is 10.00. The summed E-state index contributed by atoms with van der Waals surface area (Å²) < 4.78 is 25.8. The van der Waals surface area contributed by atoms with Gasteiger partial charge in [0.05, 0.1) is 4.92 Å². The quantitative estimate of drug-likeness (QED) is 0.664. The van der Waals surface area contributed by atoms with Gasteiger partial charge < -0.3 is 5.11 Å². The van der Waals surface area contributed by atoms with E-state index in [9.17, 15) is 18.5 Å². The normalized spacial score (nSPS) is 18.3. The minimum absolute atomic E-state index is 0.0458. The first kappa shape index (κ1) is 15.6. The monoisotopic (exact) mass is 340 g/mol. The van der Waals surface area contributed by atoms with Crippen molar-refractivity contribution < 1.29 is 18.4 Å². The van der Waals surface area contributed by atoms with Crippen LogP contribution in [0.15, 0.2) is 10.3 Å². The second kappa shape index (κ2) is 5.94. The molecule has 0 atom stereocenters. The van der Waals surface area contributed by atoms with Gasteiger partial charge in [-0.15, -0.1) is 11.3 Å². The number of nitrogens with zero attached hydrogens (tertiary/aromatic N) is 2. The van der Waals surface area contributed by atoms with Gasteiger partial charge in [0.15, 0.2) is 4.34 Å². The molecule has 0 radical (unpaired) electrons. The molecule has 1 saturated heterocycles. The van der Waals surface area contributed by atoms with Crippen molar-refractivity contribution in [2.24, 2.45) is 5.92 Å². The van der Waals surface area contributed by atoms with Crippen molar-refractivity contribution in [1.29, 1.82) is 0 Å². The molecule has 112 valence electrons. The van der Waals surface area contributed by atoms with Crippen LogP contribution in [0.25, 0.3) is 0 Å². The molecule has 0 spiro atoms. The first-order chi connectivity index (χ1) is 9.36. The van der Waals surface area contributed by atoms with E-state index in [2.05, 4.69) is 0 Å². The standard InChI is InChI=1S/C10H13ClN2O5S2/c11-10-8(13(15)16)5-9(19-10)20(17,18)12-3-1-7(6-14)2-4-12/h5,7,14H,1-4,6H2. The largest absolute Gasteiger partial charge is 0.396 e. The van der Waals surface area contributed by atoms with E-state index in [-0.39, 0.29) is 26.8 Å². The van der Waals surface area contributed by atoms with Gasteiger partial charge in [0, 0.05) is 25.8 Å². The van der Waals surface area contributed by atoms with Crippen molar-refractivity contribution in [3.63, 3.8) is 0 Å².